The maximum absolute atomic E-state index is 14.3. The van der Waals surface area contributed by atoms with Gasteiger partial charge in [0.2, 0.25) is 11.8 Å². The fourth-order valence-corrected chi connectivity index (χ4v) is 4.53. The summed E-state index contributed by atoms with van der Waals surface area (Å²) in [6.45, 7) is 9.88. The lowest BCUT2D eigenvalue weighted by molar-refractivity contribution is -0.142. The third-order valence-electron chi connectivity index (χ3n) is 6.37. The molecular formula is C33H41N3O4. The quantitative estimate of drug-likeness (QED) is 0.324. The second-order valence-corrected chi connectivity index (χ2v) is 10.9. The molecule has 0 radical (unpaired) electrons. The van der Waals surface area contributed by atoms with E-state index in [1.807, 2.05) is 98.8 Å². The van der Waals surface area contributed by atoms with Crippen LogP contribution in [-0.2, 0) is 27.3 Å². The summed E-state index contributed by atoms with van der Waals surface area (Å²) in [6.07, 6.45) is 0.203. The highest BCUT2D eigenvalue weighted by Crippen LogP contribution is 2.26. The maximum atomic E-state index is 14.3. The molecule has 0 saturated carbocycles. The number of hydrogen-bond donors (Lipinski definition) is 2. The Kier molecular flexibility index (Phi) is 10.9. The van der Waals surface area contributed by atoms with Crippen LogP contribution < -0.4 is 10.6 Å². The van der Waals surface area contributed by atoms with Crippen LogP contribution >= 0.6 is 0 Å². The summed E-state index contributed by atoms with van der Waals surface area (Å²) in [6, 6.07) is 24.9. The van der Waals surface area contributed by atoms with E-state index in [9.17, 15) is 14.4 Å². The van der Waals surface area contributed by atoms with Crippen molar-refractivity contribution < 1.29 is 19.1 Å². The van der Waals surface area contributed by atoms with Gasteiger partial charge in [-0.15, -0.1) is 0 Å². The van der Waals surface area contributed by atoms with Gasteiger partial charge in [0.05, 0.1) is 0 Å². The molecule has 3 amide bonds. The van der Waals surface area contributed by atoms with E-state index in [0.29, 0.717) is 19.5 Å². The molecule has 0 aliphatic heterocycles. The number of amides is 3. The predicted molar refractivity (Wildman–Crippen MR) is 158 cm³/mol. The Bertz CT molecular complexity index is 1260. The van der Waals surface area contributed by atoms with Crippen LogP contribution in [0.1, 0.15) is 62.4 Å². The topological polar surface area (TPSA) is 87.7 Å². The highest BCUT2D eigenvalue weighted by molar-refractivity contribution is 5.92. The summed E-state index contributed by atoms with van der Waals surface area (Å²) < 4.78 is 5.49. The third kappa shape index (κ3) is 8.97. The van der Waals surface area contributed by atoms with Gasteiger partial charge in [-0.05, 0) is 56.4 Å². The Morgan fingerprint density at radius 1 is 0.850 bits per heavy atom. The molecule has 212 valence electrons. The van der Waals surface area contributed by atoms with Gasteiger partial charge in [0.25, 0.3) is 0 Å². The fourth-order valence-electron chi connectivity index (χ4n) is 4.53. The molecule has 0 saturated heterocycles. The van der Waals surface area contributed by atoms with Gasteiger partial charge >= 0.3 is 6.09 Å². The van der Waals surface area contributed by atoms with Gasteiger partial charge in [0.15, 0.2) is 0 Å². The van der Waals surface area contributed by atoms with Gasteiger partial charge < -0.3 is 20.3 Å². The van der Waals surface area contributed by atoms with Crippen molar-refractivity contribution in [3.63, 3.8) is 0 Å². The highest BCUT2D eigenvalue weighted by atomic mass is 16.6. The first kappa shape index (κ1) is 30.4. The van der Waals surface area contributed by atoms with Crippen LogP contribution in [0.4, 0.5) is 4.79 Å². The summed E-state index contributed by atoms with van der Waals surface area (Å²) in [5, 5.41) is 5.83. The second-order valence-electron chi connectivity index (χ2n) is 10.9. The van der Waals surface area contributed by atoms with E-state index in [1.54, 1.807) is 25.7 Å². The molecule has 2 atom stereocenters. The molecule has 2 N–H and O–H groups in total. The van der Waals surface area contributed by atoms with Gasteiger partial charge in [-0.2, -0.15) is 0 Å². The van der Waals surface area contributed by atoms with Gasteiger partial charge in [-0.1, -0.05) is 91.9 Å². The molecule has 40 heavy (non-hydrogen) atoms. The van der Waals surface area contributed by atoms with Crippen molar-refractivity contribution in [3.8, 4) is 0 Å². The lowest BCUT2D eigenvalue weighted by atomic mass is 9.97. The minimum Gasteiger partial charge on any atom is -0.444 e. The van der Waals surface area contributed by atoms with Gasteiger partial charge in [0, 0.05) is 19.5 Å². The van der Waals surface area contributed by atoms with E-state index in [1.165, 1.54) is 0 Å². The van der Waals surface area contributed by atoms with Gasteiger partial charge in [0.1, 0.15) is 17.7 Å². The predicted octanol–water partition coefficient (Wildman–Crippen LogP) is 5.73. The molecule has 0 heterocycles. The standard InChI is InChI=1S/C33H41N3O4/c1-6-21-36(31(38)28(22-25-16-9-7-10-17-25)35-32(39)40-33(3,4)5)29(27-20-14-13-15-24(27)2)30(37)34-23-26-18-11-8-12-19-26/h7-20,28-29H,6,21-23H2,1-5H3,(H,34,37)(H,35,39). The van der Waals surface area contributed by atoms with Crippen molar-refractivity contribution >= 4 is 17.9 Å². The molecule has 3 rings (SSSR count). The van der Waals surface area contributed by atoms with Crippen molar-refractivity contribution in [2.45, 2.75) is 71.7 Å². The average molecular weight is 544 g/mol. The van der Waals surface area contributed by atoms with E-state index in [0.717, 1.165) is 22.3 Å². The smallest absolute Gasteiger partial charge is 0.408 e. The fraction of sp³-hybridized carbons (Fsp3) is 0.364. The largest absolute Gasteiger partial charge is 0.444 e. The summed E-state index contributed by atoms with van der Waals surface area (Å²) in [4.78, 5) is 42.6. The van der Waals surface area contributed by atoms with E-state index in [4.69, 9.17) is 4.74 Å². The molecule has 0 aliphatic carbocycles. The van der Waals surface area contributed by atoms with Crippen LogP contribution in [0.15, 0.2) is 84.9 Å². The van der Waals surface area contributed by atoms with Crippen molar-refractivity contribution in [1.82, 2.24) is 15.5 Å². The number of carbonyl (C=O) groups is 3. The first-order chi connectivity index (χ1) is 19.1. The monoisotopic (exact) mass is 543 g/mol. The zero-order valence-corrected chi connectivity index (χ0v) is 24.1. The van der Waals surface area contributed by atoms with E-state index >= 15 is 0 Å². The Balaban J connectivity index is 1.98. The normalized spacial score (nSPS) is 12.6. The Hall–Kier alpha value is -4.13. The van der Waals surface area contributed by atoms with Crippen LogP contribution in [0.5, 0.6) is 0 Å². The Morgan fingerprint density at radius 3 is 2.00 bits per heavy atom. The van der Waals surface area contributed by atoms with Crippen LogP contribution in [0.25, 0.3) is 0 Å². The molecule has 0 aliphatic rings. The molecule has 0 bridgehead atoms. The van der Waals surface area contributed by atoms with Crippen LogP contribution in [0.2, 0.25) is 0 Å². The third-order valence-corrected chi connectivity index (χ3v) is 6.37. The number of rotatable bonds is 11. The average Bonchev–Trinajstić information content (AvgIpc) is 2.92. The Morgan fingerprint density at radius 2 is 1.43 bits per heavy atom. The molecule has 3 aromatic rings. The first-order valence-corrected chi connectivity index (χ1v) is 13.8. The SMILES string of the molecule is CCCN(C(=O)C(Cc1ccccc1)NC(=O)OC(C)(C)C)C(C(=O)NCc1ccccc1)c1ccccc1C. The number of alkyl carbamates (subject to hydrolysis) is 1. The number of nitrogens with zero attached hydrogens (tertiary/aromatic N) is 1. The number of ether oxygens (including phenoxy) is 1. The van der Waals surface area contributed by atoms with E-state index in [2.05, 4.69) is 10.6 Å². The van der Waals surface area contributed by atoms with Crippen molar-refractivity contribution in [2.24, 2.45) is 0 Å². The Labute approximate surface area is 237 Å². The van der Waals surface area contributed by atoms with E-state index in [-0.39, 0.29) is 18.2 Å². The van der Waals surface area contributed by atoms with Crippen molar-refractivity contribution in [3.05, 3.63) is 107 Å². The summed E-state index contributed by atoms with van der Waals surface area (Å²) in [5.74, 6) is -0.629. The second kappa shape index (κ2) is 14.3. The number of benzene rings is 3. The van der Waals surface area contributed by atoms with Gasteiger partial charge in [-0.3, -0.25) is 9.59 Å². The summed E-state index contributed by atoms with van der Waals surface area (Å²) >= 11 is 0. The number of carbonyl (C=O) groups excluding carboxylic acids is 3. The van der Waals surface area contributed by atoms with Crippen LogP contribution in [-0.4, -0.2) is 41.0 Å². The first-order valence-electron chi connectivity index (χ1n) is 13.8. The molecule has 3 aromatic carbocycles. The molecule has 0 aromatic heterocycles. The molecule has 0 fully saturated rings. The molecular weight excluding hydrogens is 502 g/mol. The summed E-state index contributed by atoms with van der Waals surface area (Å²) in [7, 11) is 0. The number of nitrogens with one attached hydrogen (secondary N) is 2. The lowest BCUT2D eigenvalue weighted by Crippen LogP contribution is -2.54. The summed E-state index contributed by atoms with van der Waals surface area (Å²) in [5.41, 5.74) is 2.76. The van der Waals surface area contributed by atoms with Crippen molar-refractivity contribution in [1.29, 1.82) is 0 Å². The molecule has 7 nitrogen and oxygen atoms in total. The highest BCUT2D eigenvalue weighted by Gasteiger charge is 2.36. The molecule has 7 heteroatoms. The van der Waals surface area contributed by atoms with Gasteiger partial charge in [-0.25, -0.2) is 4.79 Å². The zero-order chi connectivity index (χ0) is 29.1. The van der Waals surface area contributed by atoms with Crippen LogP contribution in [0, 0.1) is 6.92 Å². The minimum atomic E-state index is -0.933. The van der Waals surface area contributed by atoms with Crippen molar-refractivity contribution in [2.75, 3.05) is 6.54 Å². The zero-order valence-electron chi connectivity index (χ0n) is 24.1. The lowest BCUT2D eigenvalue weighted by Gasteiger charge is -2.35. The molecule has 2 unspecified atom stereocenters. The maximum Gasteiger partial charge on any atom is 0.408 e. The van der Waals surface area contributed by atoms with E-state index < -0.39 is 23.8 Å². The minimum absolute atomic E-state index is 0.255. The van der Waals surface area contributed by atoms with Crippen LogP contribution in [0.3, 0.4) is 0 Å². The molecule has 0 spiro atoms. The number of aryl methyl sites for hydroxylation is 1. The number of hydrogen-bond acceptors (Lipinski definition) is 4.